The number of aromatic nitrogens is 3. The molecule has 0 bridgehead atoms. The lowest BCUT2D eigenvalue weighted by Crippen LogP contribution is -2.44. The number of fused-ring (bicyclic) bond motifs is 1. The molecule has 0 aliphatic carbocycles. The number of piperazine rings is 1. The Bertz CT molecular complexity index is 815. The van der Waals surface area contributed by atoms with Gasteiger partial charge in [-0.2, -0.15) is 0 Å². The highest BCUT2D eigenvalue weighted by molar-refractivity contribution is 5.92. The van der Waals surface area contributed by atoms with Crippen molar-refractivity contribution in [2.24, 2.45) is 0 Å². The van der Waals surface area contributed by atoms with Crippen molar-refractivity contribution in [2.45, 2.75) is 19.4 Å². The van der Waals surface area contributed by atoms with Gasteiger partial charge in [0, 0.05) is 45.8 Å². The second-order valence-electron chi connectivity index (χ2n) is 7.39. The molecule has 3 heterocycles. The maximum atomic E-state index is 12.9. The van der Waals surface area contributed by atoms with E-state index in [0.717, 1.165) is 57.9 Å². The van der Waals surface area contributed by atoms with E-state index in [2.05, 4.69) is 32.7 Å². The van der Waals surface area contributed by atoms with Crippen LogP contribution in [0.2, 0.25) is 0 Å². The molecule has 0 saturated carbocycles. The molecule has 4 rings (SSSR count). The first-order chi connectivity index (χ1) is 13.7. The Morgan fingerprint density at radius 2 is 1.89 bits per heavy atom. The summed E-state index contributed by atoms with van der Waals surface area (Å²) in [5, 5.41) is 11.6. The fraction of sp³-hybridized carbons (Fsp3) is 0.550. The number of amides is 1. The topological polar surface area (TPSA) is 75.5 Å². The minimum atomic E-state index is -0.0341. The number of hydrogen-bond acceptors (Lipinski definition) is 6. The van der Waals surface area contributed by atoms with Gasteiger partial charge in [0.15, 0.2) is 5.69 Å². The molecule has 1 saturated heterocycles. The molecule has 1 amide bonds. The summed E-state index contributed by atoms with van der Waals surface area (Å²) in [7, 11) is 1.68. The van der Waals surface area contributed by atoms with Crippen molar-refractivity contribution in [2.75, 3.05) is 52.9 Å². The summed E-state index contributed by atoms with van der Waals surface area (Å²) in [6, 6.07) is 6.17. The first-order valence-electron chi connectivity index (χ1n) is 10.0. The van der Waals surface area contributed by atoms with Crippen molar-refractivity contribution in [3.05, 3.63) is 41.2 Å². The second-order valence-corrected chi connectivity index (χ2v) is 7.39. The van der Waals surface area contributed by atoms with Gasteiger partial charge < -0.3 is 15.0 Å². The zero-order valence-corrected chi connectivity index (χ0v) is 16.4. The van der Waals surface area contributed by atoms with Gasteiger partial charge in [-0.1, -0.05) is 11.3 Å². The first-order valence-corrected chi connectivity index (χ1v) is 10.0. The molecule has 0 spiro atoms. The molecule has 0 radical (unpaired) electrons. The first kappa shape index (κ1) is 18.9. The molecule has 1 fully saturated rings. The molecule has 2 aliphatic heterocycles. The molecule has 1 aromatic heterocycles. The highest BCUT2D eigenvalue weighted by Crippen LogP contribution is 2.22. The average Bonchev–Trinajstić information content (AvgIpc) is 3.12. The fourth-order valence-corrected chi connectivity index (χ4v) is 3.88. The maximum absolute atomic E-state index is 12.9. The van der Waals surface area contributed by atoms with Gasteiger partial charge in [-0.15, -0.1) is 5.10 Å². The van der Waals surface area contributed by atoms with E-state index >= 15 is 0 Å². The van der Waals surface area contributed by atoms with Crippen LogP contribution in [0.25, 0.3) is 0 Å². The van der Waals surface area contributed by atoms with Crippen LogP contribution in [0, 0.1) is 0 Å². The zero-order chi connectivity index (χ0) is 19.3. The molecule has 0 atom stereocenters. The zero-order valence-electron chi connectivity index (χ0n) is 16.4. The van der Waals surface area contributed by atoms with Gasteiger partial charge in [0.2, 0.25) is 0 Å². The number of carbonyl (C=O) groups excluding carboxylic acids is 1. The molecule has 8 nitrogen and oxygen atoms in total. The van der Waals surface area contributed by atoms with E-state index in [0.29, 0.717) is 18.8 Å². The lowest BCUT2D eigenvalue weighted by atomic mass is 10.0. The van der Waals surface area contributed by atoms with Gasteiger partial charge >= 0.3 is 0 Å². The molecule has 2 aliphatic rings. The normalized spacial score (nSPS) is 17.8. The van der Waals surface area contributed by atoms with Crippen molar-refractivity contribution >= 4 is 5.91 Å². The Morgan fingerprint density at radius 1 is 1.11 bits per heavy atom. The minimum absolute atomic E-state index is 0.0341. The summed E-state index contributed by atoms with van der Waals surface area (Å²) < 4.78 is 7.11. The second kappa shape index (κ2) is 8.70. The third kappa shape index (κ3) is 4.34. The summed E-state index contributed by atoms with van der Waals surface area (Å²) in [5.41, 5.74) is 2.98. The Morgan fingerprint density at radius 3 is 2.68 bits per heavy atom. The van der Waals surface area contributed by atoms with Crippen LogP contribution in [0.15, 0.2) is 24.4 Å². The van der Waals surface area contributed by atoms with E-state index in [-0.39, 0.29) is 5.91 Å². The van der Waals surface area contributed by atoms with Crippen LogP contribution in [0.1, 0.15) is 21.6 Å². The molecule has 28 heavy (non-hydrogen) atoms. The summed E-state index contributed by atoms with van der Waals surface area (Å²) >= 11 is 0. The van der Waals surface area contributed by atoms with Crippen molar-refractivity contribution in [1.29, 1.82) is 0 Å². The maximum Gasteiger partial charge on any atom is 0.276 e. The van der Waals surface area contributed by atoms with Crippen LogP contribution in [0.3, 0.4) is 0 Å². The van der Waals surface area contributed by atoms with Gasteiger partial charge in [-0.25, -0.2) is 0 Å². The Balaban J connectivity index is 1.35. The molecule has 2 aromatic rings. The van der Waals surface area contributed by atoms with E-state index in [1.807, 2.05) is 11.0 Å². The number of nitrogens with zero attached hydrogens (tertiary/aromatic N) is 5. The predicted molar refractivity (Wildman–Crippen MR) is 106 cm³/mol. The lowest BCUT2D eigenvalue weighted by molar-refractivity contribution is 0.0757. The number of carbonyl (C=O) groups is 1. The van der Waals surface area contributed by atoms with Gasteiger partial charge in [0.1, 0.15) is 5.75 Å². The third-order valence-corrected chi connectivity index (χ3v) is 5.62. The summed E-state index contributed by atoms with van der Waals surface area (Å²) in [6.45, 7) is 7.25. The minimum Gasteiger partial charge on any atom is -0.497 e. The predicted octanol–water partition coefficient (Wildman–Crippen LogP) is 0.433. The molecule has 1 N–H and O–H groups in total. The SMILES string of the molecule is COc1ccc2c(c1)CCN(C(=O)c1cn(CCN3CCNCC3)nn1)CC2. The van der Waals surface area contributed by atoms with Crippen molar-refractivity contribution in [3.8, 4) is 5.75 Å². The average molecular weight is 384 g/mol. The van der Waals surface area contributed by atoms with Gasteiger partial charge in [0.05, 0.1) is 19.9 Å². The van der Waals surface area contributed by atoms with Crippen LogP contribution in [0.5, 0.6) is 5.75 Å². The van der Waals surface area contributed by atoms with E-state index in [1.54, 1.807) is 18.0 Å². The van der Waals surface area contributed by atoms with E-state index < -0.39 is 0 Å². The molecule has 0 unspecified atom stereocenters. The third-order valence-electron chi connectivity index (χ3n) is 5.62. The van der Waals surface area contributed by atoms with Crippen LogP contribution >= 0.6 is 0 Å². The fourth-order valence-electron chi connectivity index (χ4n) is 3.88. The highest BCUT2D eigenvalue weighted by Gasteiger charge is 2.22. The van der Waals surface area contributed by atoms with Crippen molar-refractivity contribution in [3.63, 3.8) is 0 Å². The lowest BCUT2D eigenvalue weighted by Gasteiger charge is -2.26. The largest absolute Gasteiger partial charge is 0.497 e. The van der Waals surface area contributed by atoms with E-state index in [4.69, 9.17) is 4.74 Å². The molecule has 8 heteroatoms. The van der Waals surface area contributed by atoms with Gasteiger partial charge in [0.25, 0.3) is 5.91 Å². The number of ether oxygens (including phenoxy) is 1. The monoisotopic (exact) mass is 384 g/mol. The van der Waals surface area contributed by atoms with Crippen LogP contribution < -0.4 is 10.1 Å². The molecular weight excluding hydrogens is 356 g/mol. The smallest absolute Gasteiger partial charge is 0.276 e. The summed E-state index contributed by atoms with van der Waals surface area (Å²) in [4.78, 5) is 17.2. The quantitative estimate of drug-likeness (QED) is 0.806. The molecule has 150 valence electrons. The standard InChI is InChI=1S/C20H28N6O2/c1-28-18-3-2-16-4-8-25(9-5-17(16)14-18)20(27)19-15-26(23-22-19)13-12-24-10-6-21-7-11-24/h2-3,14-15,21H,4-13H2,1H3. The van der Waals surface area contributed by atoms with Crippen LogP contribution in [-0.2, 0) is 19.4 Å². The van der Waals surface area contributed by atoms with Crippen molar-refractivity contribution < 1.29 is 9.53 Å². The van der Waals surface area contributed by atoms with Crippen molar-refractivity contribution in [1.82, 2.24) is 30.1 Å². The summed E-state index contributed by atoms with van der Waals surface area (Å²) in [5.74, 6) is 0.833. The van der Waals surface area contributed by atoms with Crippen LogP contribution in [0.4, 0.5) is 0 Å². The van der Waals surface area contributed by atoms with Gasteiger partial charge in [-0.05, 0) is 36.1 Å². The Hall–Kier alpha value is -2.45. The number of rotatable bonds is 5. The van der Waals surface area contributed by atoms with E-state index in [1.165, 1.54) is 11.1 Å². The number of benzene rings is 1. The number of hydrogen-bond donors (Lipinski definition) is 1. The van der Waals surface area contributed by atoms with Crippen LogP contribution in [-0.4, -0.2) is 83.6 Å². The van der Waals surface area contributed by atoms with Gasteiger partial charge in [-0.3, -0.25) is 14.4 Å². The number of nitrogens with one attached hydrogen (secondary N) is 1. The van der Waals surface area contributed by atoms with E-state index in [9.17, 15) is 4.79 Å². The molecular formula is C20H28N6O2. The molecule has 1 aromatic carbocycles. The Labute approximate surface area is 165 Å². The number of methoxy groups -OCH3 is 1. The highest BCUT2D eigenvalue weighted by atomic mass is 16.5. The summed E-state index contributed by atoms with van der Waals surface area (Å²) in [6.07, 6.45) is 3.46. The Kier molecular flexibility index (Phi) is 5.87.